The van der Waals surface area contributed by atoms with E-state index in [0.717, 1.165) is 0 Å². The van der Waals surface area contributed by atoms with Gasteiger partial charge in [0.1, 0.15) is 17.6 Å². The second-order valence-electron chi connectivity index (χ2n) is 10.3. The van der Waals surface area contributed by atoms with Crippen LogP contribution < -0.4 is 5.32 Å². The van der Waals surface area contributed by atoms with Crippen molar-refractivity contribution in [3.05, 3.63) is 59.2 Å². The highest BCUT2D eigenvalue weighted by molar-refractivity contribution is 8.13. The lowest BCUT2D eigenvalue weighted by atomic mass is 9.81. The summed E-state index contributed by atoms with van der Waals surface area (Å²) in [4.78, 5) is 35.2. The van der Waals surface area contributed by atoms with Crippen molar-refractivity contribution in [2.24, 2.45) is 10.9 Å². The van der Waals surface area contributed by atoms with Gasteiger partial charge in [-0.3, -0.25) is 9.69 Å². The Hall–Kier alpha value is -3.49. The molecule has 2 heterocycles. The second-order valence-corrected chi connectivity index (χ2v) is 11.3. The van der Waals surface area contributed by atoms with Crippen LogP contribution in [0.4, 0.5) is 14.9 Å². The van der Waals surface area contributed by atoms with Gasteiger partial charge in [0.25, 0.3) is 5.91 Å². The monoisotopic (exact) mass is 539 g/mol. The molecule has 4 rings (SSSR count). The van der Waals surface area contributed by atoms with Crippen LogP contribution in [-0.4, -0.2) is 56.2 Å². The topological polar surface area (TPSA) is 128 Å². The Bertz CT molecular complexity index is 1300. The number of nitrogens with zero attached hydrogens (tertiary/aromatic N) is 4. The van der Waals surface area contributed by atoms with Crippen molar-refractivity contribution in [1.29, 1.82) is 5.26 Å². The SMILES string of the molecule is CCO[C@H]1C[C@H]2CSC(N(C(=O)O)C(C)(C)C)=N[C@@]2(c2cc(NC(=O)c3ccc(C#N)cn3)ccc2F)C1. The summed E-state index contributed by atoms with van der Waals surface area (Å²) >= 11 is 1.35. The first kappa shape index (κ1) is 27.5. The van der Waals surface area contributed by atoms with Crippen molar-refractivity contribution in [1.82, 2.24) is 9.88 Å². The van der Waals surface area contributed by atoms with Crippen LogP contribution in [0.1, 0.15) is 62.2 Å². The predicted molar refractivity (Wildman–Crippen MR) is 143 cm³/mol. The van der Waals surface area contributed by atoms with Crippen LogP contribution in [0.2, 0.25) is 0 Å². The number of aliphatic imine (C=N–C) groups is 1. The number of thioether (sulfide) groups is 1. The maximum absolute atomic E-state index is 15.6. The number of anilines is 1. The van der Waals surface area contributed by atoms with Gasteiger partial charge < -0.3 is 15.2 Å². The van der Waals surface area contributed by atoms with E-state index in [1.165, 1.54) is 47.1 Å². The van der Waals surface area contributed by atoms with Crippen LogP contribution >= 0.6 is 11.8 Å². The number of amidine groups is 1. The summed E-state index contributed by atoms with van der Waals surface area (Å²) in [5, 5.41) is 22.0. The molecule has 0 spiro atoms. The zero-order chi connectivity index (χ0) is 27.7. The molecule has 1 aliphatic carbocycles. The molecule has 2 amide bonds. The number of nitrogens with one attached hydrogen (secondary N) is 1. The van der Waals surface area contributed by atoms with Gasteiger partial charge in [-0.25, -0.2) is 19.2 Å². The van der Waals surface area contributed by atoms with Crippen molar-refractivity contribution >= 4 is 34.6 Å². The number of ether oxygens (including phenoxy) is 1. The number of pyridine rings is 1. The number of carbonyl (C=O) groups is 2. The Morgan fingerprint density at radius 1 is 1.34 bits per heavy atom. The molecule has 0 unspecified atom stereocenters. The largest absolute Gasteiger partial charge is 0.465 e. The summed E-state index contributed by atoms with van der Waals surface area (Å²) in [6.07, 6.45) is 1.06. The molecule has 2 aromatic rings. The summed E-state index contributed by atoms with van der Waals surface area (Å²) < 4.78 is 21.5. The molecular weight excluding hydrogens is 509 g/mol. The second kappa shape index (κ2) is 10.7. The molecule has 2 N–H and O–H groups in total. The van der Waals surface area contributed by atoms with Gasteiger partial charge in [-0.15, -0.1) is 0 Å². The molecule has 1 aromatic heterocycles. The van der Waals surface area contributed by atoms with Gasteiger partial charge in [0.2, 0.25) is 0 Å². The molecule has 0 radical (unpaired) electrons. The van der Waals surface area contributed by atoms with Gasteiger partial charge in [0.15, 0.2) is 5.17 Å². The van der Waals surface area contributed by atoms with E-state index in [0.29, 0.717) is 41.6 Å². The Morgan fingerprint density at radius 2 is 2.11 bits per heavy atom. The molecule has 1 fully saturated rings. The molecule has 2 aliphatic rings. The standard InChI is InChI=1S/C27H30FN5O4S/c1-5-37-19-10-17-15-38-24(33(25(35)36)26(2,3)4)32-27(17,12-19)20-11-18(7-8-21(20)28)31-23(34)22-9-6-16(13-29)14-30-22/h6-9,11,14,17,19H,5,10,12,15H2,1-4H3,(H,31,34)(H,35,36)/t17-,19-,27-/m0/s1. The van der Waals surface area contributed by atoms with Crippen LogP contribution in [-0.2, 0) is 10.3 Å². The van der Waals surface area contributed by atoms with Crippen LogP contribution in [0.3, 0.4) is 0 Å². The lowest BCUT2D eigenvalue weighted by molar-refractivity contribution is 0.0629. The van der Waals surface area contributed by atoms with E-state index >= 15 is 4.39 Å². The fourth-order valence-corrected chi connectivity index (χ4v) is 6.55. The van der Waals surface area contributed by atoms with E-state index in [-0.39, 0.29) is 23.3 Å². The van der Waals surface area contributed by atoms with E-state index < -0.39 is 28.9 Å². The Kier molecular flexibility index (Phi) is 7.76. The lowest BCUT2D eigenvalue weighted by Crippen LogP contribution is -2.50. The number of rotatable bonds is 5. The molecule has 1 saturated carbocycles. The van der Waals surface area contributed by atoms with Crippen molar-refractivity contribution in [2.45, 2.75) is 57.7 Å². The van der Waals surface area contributed by atoms with Crippen LogP contribution in [0.15, 0.2) is 41.5 Å². The third kappa shape index (κ3) is 5.37. The quantitative estimate of drug-likeness (QED) is 0.532. The Labute approximate surface area is 225 Å². The highest BCUT2D eigenvalue weighted by atomic mass is 32.2. The molecule has 9 nitrogen and oxygen atoms in total. The van der Waals surface area contributed by atoms with Gasteiger partial charge in [-0.2, -0.15) is 5.26 Å². The van der Waals surface area contributed by atoms with Gasteiger partial charge >= 0.3 is 6.09 Å². The number of halogens is 1. The molecule has 0 saturated heterocycles. The minimum absolute atomic E-state index is 0.0935. The number of fused-ring (bicyclic) bond motifs is 1. The first-order valence-electron chi connectivity index (χ1n) is 12.3. The molecule has 0 bridgehead atoms. The number of amides is 2. The number of hydrogen-bond acceptors (Lipinski definition) is 7. The molecule has 3 atom stereocenters. The average molecular weight is 540 g/mol. The number of benzene rings is 1. The minimum atomic E-state index is -1.13. The van der Waals surface area contributed by atoms with E-state index in [2.05, 4.69) is 10.3 Å². The summed E-state index contributed by atoms with van der Waals surface area (Å²) in [5.41, 5.74) is -0.739. The van der Waals surface area contributed by atoms with Gasteiger partial charge in [-0.05, 0) is 64.4 Å². The van der Waals surface area contributed by atoms with Crippen LogP contribution in [0, 0.1) is 23.1 Å². The van der Waals surface area contributed by atoms with Crippen LogP contribution in [0.5, 0.6) is 0 Å². The van der Waals surface area contributed by atoms with E-state index in [9.17, 15) is 14.7 Å². The number of aromatic nitrogens is 1. The zero-order valence-corrected chi connectivity index (χ0v) is 22.5. The van der Waals surface area contributed by atoms with Crippen molar-refractivity contribution in [3.8, 4) is 6.07 Å². The molecule has 38 heavy (non-hydrogen) atoms. The molecule has 1 aromatic carbocycles. The minimum Gasteiger partial charge on any atom is -0.465 e. The lowest BCUT2D eigenvalue weighted by Gasteiger charge is -2.41. The van der Waals surface area contributed by atoms with Crippen molar-refractivity contribution < 1.29 is 23.8 Å². The molecular formula is C27H30FN5O4S. The fraction of sp³-hybridized carbons (Fsp3) is 0.444. The maximum Gasteiger partial charge on any atom is 0.413 e. The van der Waals surface area contributed by atoms with E-state index in [1.807, 2.05) is 13.0 Å². The fourth-order valence-electron chi connectivity index (χ4n) is 5.08. The number of carbonyl (C=O) groups excluding carboxylic acids is 1. The smallest absolute Gasteiger partial charge is 0.413 e. The first-order chi connectivity index (χ1) is 18.0. The summed E-state index contributed by atoms with van der Waals surface area (Å²) in [6.45, 7) is 7.76. The van der Waals surface area contributed by atoms with Crippen molar-refractivity contribution in [3.63, 3.8) is 0 Å². The van der Waals surface area contributed by atoms with E-state index in [1.54, 1.807) is 26.8 Å². The third-order valence-corrected chi connectivity index (χ3v) is 7.84. The maximum atomic E-state index is 15.6. The average Bonchev–Trinajstić information content (AvgIpc) is 3.22. The molecule has 1 aliphatic heterocycles. The summed E-state index contributed by atoms with van der Waals surface area (Å²) in [5.74, 6) is -0.542. The number of nitriles is 1. The number of carboxylic acid groups (broad SMARTS) is 1. The highest BCUT2D eigenvalue weighted by Crippen LogP contribution is 2.53. The molecule has 200 valence electrons. The summed E-state index contributed by atoms with van der Waals surface area (Å²) in [6, 6.07) is 9.20. The van der Waals surface area contributed by atoms with E-state index in [4.69, 9.17) is 15.0 Å². The predicted octanol–water partition coefficient (Wildman–Crippen LogP) is 5.24. The zero-order valence-electron chi connectivity index (χ0n) is 21.7. The third-order valence-electron chi connectivity index (χ3n) is 6.74. The normalized spacial score (nSPS) is 22.7. The Morgan fingerprint density at radius 3 is 2.71 bits per heavy atom. The van der Waals surface area contributed by atoms with Gasteiger partial charge in [0.05, 0.1) is 17.2 Å². The Balaban J connectivity index is 1.76. The summed E-state index contributed by atoms with van der Waals surface area (Å²) in [7, 11) is 0. The highest BCUT2D eigenvalue weighted by Gasteiger charge is 2.53. The van der Waals surface area contributed by atoms with Gasteiger partial charge in [-0.1, -0.05) is 11.8 Å². The number of hydrogen-bond donors (Lipinski definition) is 2. The van der Waals surface area contributed by atoms with Crippen molar-refractivity contribution in [2.75, 3.05) is 17.7 Å². The first-order valence-corrected chi connectivity index (χ1v) is 13.3. The van der Waals surface area contributed by atoms with Crippen LogP contribution in [0.25, 0.3) is 0 Å². The van der Waals surface area contributed by atoms with Gasteiger partial charge in [0, 0.05) is 47.7 Å². The molecule has 11 heteroatoms.